The van der Waals surface area contributed by atoms with Crippen molar-refractivity contribution in [3.63, 3.8) is 0 Å². The molecule has 1 aromatic heterocycles. The molecule has 0 spiro atoms. The van der Waals surface area contributed by atoms with Gasteiger partial charge in [0.15, 0.2) is 0 Å². The van der Waals surface area contributed by atoms with E-state index < -0.39 is 0 Å². The molecule has 0 radical (unpaired) electrons. The molecule has 0 aliphatic rings. The molecular formula is C16H13NOS2. The summed E-state index contributed by atoms with van der Waals surface area (Å²) in [6, 6.07) is 16.1. The van der Waals surface area contributed by atoms with Crippen LogP contribution in [0.15, 0.2) is 52.9 Å². The minimum atomic E-state index is 0.412. The summed E-state index contributed by atoms with van der Waals surface area (Å²) in [7, 11) is 0. The first kappa shape index (κ1) is 13.2. The molecule has 0 saturated heterocycles. The Kier molecular flexibility index (Phi) is 3.51. The van der Waals surface area contributed by atoms with Crippen LogP contribution in [0.3, 0.4) is 0 Å². The highest BCUT2D eigenvalue weighted by molar-refractivity contribution is 7.72. The predicted octanol–water partition coefficient (Wildman–Crippen LogP) is 5.05. The molecule has 0 N–H and O–H groups in total. The summed E-state index contributed by atoms with van der Waals surface area (Å²) in [4.78, 5) is 0.412. The zero-order valence-electron chi connectivity index (χ0n) is 11.0. The van der Waals surface area contributed by atoms with Crippen molar-refractivity contribution in [2.75, 3.05) is 0 Å². The quantitative estimate of drug-likeness (QED) is 0.617. The molecule has 0 aliphatic carbocycles. The van der Waals surface area contributed by atoms with Crippen LogP contribution >= 0.6 is 24.4 Å². The van der Waals surface area contributed by atoms with Crippen LogP contribution in [0, 0.1) is 16.4 Å². The molecule has 20 heavy (non-hydrogen) atoms. The number of benzene rings is 2. The van der Waals surface area contributed by atoms with Crippen LogP contribution in [0.1, 0.15) is 11.1 Å². The highest BCUT2D eigenvalue weighted by Gasteiger charge is 2.05. The lowest BCUT2D eigenvalue weighted by Crippen LogP contribution is -2.03. The third-order valence-electron chi connectivity index (χ3n) is 3.21. The van der Waals surface area contributed by atoms with Crippen LogP contribution in [0.2, 0.25) is 0 Å². The van der Waals surface area contributed by atoms with Gasteiger partial charge in [-0.2, -0.15) is 0 Å². The van der Waals surface area contributed by atoms with Gasteiger partial charge in [0.1, 0.15) is 10.2 Å². The topological polar surface area (TPSA) is 18.1 Å². The van der Waals surface area contributed by atoms with Crippen molar-refractivity contribution < 1.29 is 4.42 Å². The fraction of sp³-hybridized carbons (Fsp3) is 0.125. The smallest absolute Gasteiger partial charge is 0.270 e. The Bertz CT molecular complexity index is 878. The van der Waals surface area contributed by atoms with Crippen LogP contribution < -0.4 is 0 Å². The molecule has 0 unspecified atom stereocenters. The number of rotatable bonds is 2. The van der Waals surface area contributed by atoms with Gasteiger partial charge in [-0.05, 0) is 36.8 Å². The Labute approximate surface area is 127 Å². The van der Waals surface area contributed by atoms with E-state index in [1.807, 2.05) is 47.9 Å². The second-order valence-corrected chi connectivity index (χ2v) is 5.48. The lowest BCUT2D eigenvalue weighted by Gasteiger charge is -2.09. The van der Waals surface area contributed by atoms with Crippen LogP contribution in [-0.4, -0.2) is 4.57 Å². The van der Waals surface area contributed by atoms with Gasteiger partial charge < -0.3 is 4.42 Å². The van der Waals surface area contributed by atoms with E-state index in [4.69, 9.17) is 28.9 Å². The molecule has 0 fully saturated rings. The second-order valence-electron chi connectivity index (χ2n) is 4.74. The van der Waals surface area contributed by atoms with Crippen LogP contribution in [0.5, 0.6) is 0 Å². The lowest BCUT2D eigenvalue weighted by molar-refractivity contribution is 0.505. The zero-order chi connectivity index (χ0) is 14.1. The highest BCUT2D eigenvalue weighted by Crippen LogP contribution is 2.19. The molecule has 2 aromatic carbocycles. The van der Waals surface area contributed by atoms with Crippen molar-refractivity contribution in [3.05, 3.63) is 69.1 Å². The van der Waals surface area contributed by atoms with Gasteiger partial charge in [-0.1, -0.05) is 54.2 Å². The van der Waals surface area contributed by atoms with E-state index in [0.29, 0.717) is 11.4 Å². The summed E-state index contributed by atoms with van der Waals surface area (Å²) < 4.78 is 8.30. The fourth-order valence-electron chi connectivity index (χ4n) is 2.18. The van der Waals surface area contributed by atoms with Gasteiger partial charge in [0.25, 0.3) is 4.84 Å². The minimum absolute atomic E-state index is 0.412. The Morgan fingerprint density at radius 1 is 1.05 bits per heavy atom. The van der Waals surface area contributed by atoms with E-state index in [1.54, 1.807) is 0 Å². The van der Waals surface area contributed by atoms with Crippen molar-refractivity contribution in [1.29, 1.82) is 0 Å². The maximum atomic E-state index is 5.71. The first-order chi connectivity index (χ1) is 9.65. The van der Waals surface area contributed by atoms with Gasteiger partial charge in [0.05, 0.1) is 11.9 Å². The van der Waals surface area contributed by atoms with Crippen molar-refractivity contribution in [2.24, 2.45) is 0 Å². The normalized spacial score (nSPS) is 10.8. The van der Waals surface area contributed by atoms with Gasteiger partial charge in [-0.25, -0.2) is 0 Å². The average Bonchev–Trinajstić information content (AvgIpc) is 2.46. The third kappa shape index (κ3) is 2.44. The van der Waals surface area contributed by atoms with Crippen molar-refractivity contribution in [3.8, 4) is 0 Å². The molecule has 1 heterocycles. The van der Waals surface area contributed by atoms with E-state index in [0.717, 1.165) is 26.7 Å². The molecule has 0 aliphatic heterocycles. The standard InChI is InChI=1S/C16H13NOS2/c1-11-7-8-14-13(9-11)15(19)17(16(20)18-14)10-12-5-3-2-4-6-12/h2-9H,10H2,1H3. The number of hydrogen-bond acceptors (Lipinski definition) is 3. The summed E-state index contributed by atoms with van der Waals surface area (Å²) in [6.07, 6.45) is 0. The van der Waals surface area contributed by atoms with Crippen molar-refractivity contribution in [1.82, 2.24) is 4.57 Å². The summed E-state index contributed by atoms with van der Waals surface area (Å²) in [5.41, 5.74) is 3.05. The predicted molar refractivity (Wildman–Crippen MR) is 86.2 cm³/mol. The Hall–Kier alpha value is -1.78. The molecular weight excluding hydrogens is 286 g/mol. The van der Waals surface area contributed by atoms with Gasteiger partial charge in [-0.15, -0.1) is 0 Å². The maximum absolute atomic E-state index is 5.71. The van der Waals surface area contributed by atoms with Crippen molar-refractivity contribution in [2.45, 2.75) is 13.5 Å². The van der Waals surface area contributed by atoms with Crippen LogP contribution in [0.25, 0.3) is 11.0 Å². The van der Waals surface area contributed by atoms with Gasteiger partial charge in [0, 0.05) is 0 Å². The molecule has 2 nitrogen and oxygen atoms in total. The first-order valence-corrected chi connectivity index (χ1v) is 7.15. The minimum Gasteiger partial charge on any atom is -0.431 e. The largest absolute Gasteiger partial charge is 0.431 e. The molecule has 0 bridgehead atoms. The molecule has 100 valence electrons. The van der Waals surface area contributed by atoms with Gasteiger partial charge >= 0.3 is 0 Å². The summed E-state index contributed by atoms with van der Waals surface area (Å²) in [5, 5.41) is 0.935. The number of nitrogens with zero attached hydrogens (tertiary/aromatic N) is 1. The Balaban J connectivity index is 2.21. The third-order valence-corrected chi connectivity index (χ3v) is 3.96. The molecule has 0 atom stereocenters. The van der Waals surface area contributed by atoms with Crippen molar-refractivity contribution >= 4 is 35.4 Å². The lowest BCUT2D eigenvalue weighted by atomic mass is 10.2. The van der Waals surface area contributed by atoms with E-state index in [1.165, 1.54) is 0 Å². The molecule has 0 amide bonds. The second kappa shape index (κ2) is 5.31. The van der Waals surface area contributed by atoms with E-state index in [-0.39, 0.29) is 0 Å². The number of fused-ring (bicyclic) bond motifs is 1. The average molecular weight is 299 g/mol. The Morgan fingerprint density at radius 2 is 1.80 bits per heavy atom. The zero-order valence-corrected chi connectivity index (χ0v) is 12.6. The summed E-state index contributed by atoms with van der Waals surface area (Å²) in [5.74, 6) is 0. The fourth-order valence-corrected chi connectivity index (χ4v) is 2.79. The number of aromatic nitrogens is 1. The summed E-state index contributed by atoms with van der Waals surface area (Å²) in [6.45, 7) is 2.67. The molecule has 4 heteroatoms. The highest BCUT2D eigenvalue weighted by atomic mass is 32.1. The van der Waals surface area contributed by atoms with E-state index in [9.17, 15) is 0 Å². The molecule has 3 aromatic rings. The van der Waals surface area contributed by atoms with Crippen LogP contribution in [-0.2, 0) is 6.54 Å². The van der Waals surface area contributed by atoms with Gasteiger partial charge in [-0.3, -0.25) is 4.57 Å². The number of aryl methyl sites for hydroxylation is 1. The van der Waals surface area contributed by atoms with Crippen LogP contribution in [0.4, 0.5) is 0 Å². The maximum Gasteiger partial charge on any atom is 0.270 e. The first-order valence-electron chi connectivity index (χ1n) is 6.33. The Morgan fingerprint density at radius 3 is 2.55 bits per heavy atom. The van der Waals surface area contributed by atoms with E-state index >= 15 is 0 Å². The number of hydrogen-bond donors (Lipinski definition) is 0. The van der Waals surface area contributed by atoms with E-state index in [2.05, 4.69) is 12.1 Å². The van der Waals surface area contributed by atoms with Gasteiger partial charge in [0.2, 0.25) is 0 Å². The summed E-state index contributed by atoms with van der Waals surface area (Å²) >= 11 is 10.9. The molecule has 3 rings (SSSR count). The SMILES string of the molecule is Cc1ccc2oc(=S)n(Cc3ccccc3)c(=S)c2c1. The monoisotopic (exact) mass is 299 g/mol. The molecule has 0 saturated carbocycles.